The molecule has 1 heterocycles. The van der Waals surface area contributed by atoms with Crippen LogP contribution in [0.2, 0.25) is 5.02 Å². The minimum atomic E-state index is -0.00578. The van der Waals surface area contributed by atoms with Gasteiger partial charge in [0, 0.05) is 18.1 Å². The van der Waals surface area contributed by atoms with Crippen molar-refractivity contribution in [2.24, 2.45) is 0 Å². The van der Waals surface area contributed by atoms with Crippen molar-refractivity contribution < 1.29 is 9.32 Å². The molecule has 0 aliphatic rings. The van der Waals surface area contributed by atoms with E-state index in [0.717, 1.165) is 17.0 Å². The van der Waals surface area contributed by atoms with Gasteiger partial charge in [0.05, 0.1) is 13.0 Å². The van der Waals surface area contributed by atoms with E-state index in [2.05, 4.69) is 5.16 Å². The summed E-state index contributed by atoms with van der Waals surface area (Å²) < 4.78 is 4.97. The Labute approximate surface area is 117 Å². The number of carbonyl (C=O) groups excluding carboxylic acids is 1. The Morgan fingerprint density at radius 3 is 2.79 bits per heavy atom. The number of amides is 1. The largest absolute Gasteiger partial charge is 0.361 e. The molecule has 19 heavy (non-hydrogen) atoms. The molecule has 0 atom stereocenters. The van der Waals surface area contributed by atoms with E-state index in [1.165, 1.54) is 0 Å². The van der Waals surface area contributed by atoms with Crippen LogP contribution in [0.3, 0.4) is 0 Å². The lowest BCUT2D eigenvalue weighted by atomic mass is 10.1. The average Bonchev–Trinajstić information content (AvgIpc) is 2.77. The lowest BCUT2D eigenvalue weighted by Gasteiger charge is -2.15. The normalized spacial score (nSPS) is 10.5. The summed E-state index contributed by atoms with van der Waals surface area (Å²) in [5.74, 6) is 0.732. The van der Waals surface area contributed by atoms with Gasteiger partial charge in [0.1, 0.15) is 11.5 Å². The second-order valence-electron chi connectivity index (χ2n) is 4.45. The van der Waals surface area contributed by atoms with E-state index in [1.54, 1.807) is 18.0 Å². The average molecular weight is 279 g/mol. The molecule has 1 aromatic carbocycles. The number of hydrogen-bond donors (Lipinski definition) is 0. The molecule has 0 radical (unpaired) electrons. The summed E-state index contributed by atoms with van der Waals surface area (Å²) in [6, 6.07) is 9.17. The Hall–Kier alpha value is -1.81. The molecule has 100 valence electrons. The molecule has 0 spiro atoms. The zero-order chi connectivity index (χ0) is 13.8. The molecule has 1 amide bonds. The van der Waals surface area contributed by atoms with Crippen LogP contribution >= 0.6 is 11.6 Å². The van der Waals surface area contributed by atoms with E-state index in [-0.39, 0.29) is 12.3 Å². The Morgan fingerprint density at radius 1 is 1.42 bits per heavy atom. The molecule has 0 aliphatic carbocycles. The molecule has 0 bridgehead atoms. The zero-order valence-electron chi connectivity index (χ0n) is 10.9. The molecule has 1 aromatic heterocycles. The fraction of sp³-hybridized carbons (Fsp3) is 0.286. The number of likely N-dealkylation sites (N-methyl/N-ethyl adjacent to an activating group) is 1. The molecule has 0 fully saturated rings. The zero-order valence-corrected chi connectivity index (χ0v) is 11.6. The third-order valence-corrected chi connectivity index (χ3v) is 3.17. The van der Waals surface area contributed by atoms with Crippen LogP contribution in [0.1, 0.15) is 17.0 Å². The van der Waals surface area contributed by atoms with Crippen molar-refractivity contribution in [3.8, 4) is 0 Å². The van der Waals surface area contributed by atoms with Gasteiger partial charge in [0.15, 0.2) is 0 Å². The number of rotatable bonds is 4. The quantitative estimate of drug-likeness (QED) is 0.864. The number of carbonyl (C=O) groups is 1. The van der Waals surface area contributed by atoms with E-state index in [4.69, 9.17) is 16.1 Å². The van der Waals surface area contributed by atoms with Crippen LogP contribution in [0.4, 0.5) is 0 Å². The fourth-order valence-electron chi connectivity index (χ4n) is 1.76. The highest BCUT2D eigenvalue weighted by Gasteiger charge is 2.13. The molecule has 0 saturated heterocycles. The summed E-state index contributed by atoms with van der Waals surface area (Å²) in [5.41, 5.74) is 1.57. The van der Waals surface area contributed by atoms with E-state index in [0.29, 0.717) is 11.6 Å². The predicted octanol–water partition coefficient (Wildman–Crippen LogP) is 2.84. The van der Waals surface area contributed by atoms with Crippen LogP contribution in [0.25, 0.3) is 0 Å². The molecule has 2 aromatic rings. The minimum Gasteiger partial charge on any atom is -0.361 e. The van der Waals surface area contributed by atoms with Crippen LogP contribution in [-0.2, 0) is 17.8 Å². The first-order chi connectivity index (χ1) is 9.06. The number of benzene rings is 1. The second kappa shape index (κ2) is 5.89. The lowest BCUT2D eigenvalue weighted by Crippen LogP contribution is -2.27. The van der Waals surface area contributed by atoms with E-state index < -0.39 is 0 Å². The van der Waals surface area contributed by atoms with Crippen molar-refractivity contribution in [1.82, 2.24) is 10.1 Å². The van der Waals surface area contributed by atoms with Gasteiger partial charge in [-0.05, 0) is 18.6 Å². The summed E-state index contributed by atoms with van der Waals surface area (Å²) in [6.07, 6.45) is 0.285. The SMILES string of the molecule is Cc1cc(CN(C)C(=O)Cc2ccccc2Cl)no1. The van der Waals surface area contributed by atoms with Crippen LogP contribution in [0.15, 0.2) is 34.9 Å². The number of halogens is 1. The van der Waals surface area contributed by atoms with Gasteiger partial charge < -0.3 is 9.42 Å². The highest BCUT2D eigenvalue weighted by atomic mass is 35.5. The van der Waals surface area contributed by atoms with Gasteiger partial charge in [-0.2, -0.15) is 0 Å². The van der Waals surface area contributed by atoms with E-state index in [9.17, 15) is 4.79 Å². The van der Waals surface area contributed by atoms with Gasteiger partial charge in [-0.15, -0.1) is 0 Å². The van der Waals surface area contributed by atoms with Gasteiger partial charge in [0.2, 0.25) is 5.91 Å². The molecule has 2 rings (SSSR count). The minimum absolute atomic E-state index is 0.00578. The van der Waals surface area contributed by atoms with Crippen LogP contribution in [-0.4, -0.2) is 23.0 Å². The molecular formula is C14H15ClN2O2. The van der Waals surface area contributed by atoms with Crippen molar-refractivity contribution in [3.05, 3.63) is 52.4 Å². The topological polar surface area (TPSA) is 46.3 Å². The van der Waals surface area contributed by atoms with Crippen molar-refractivity contribution in [3.63, 3.8) is 0 Å². The highest BCUT2D eigenvalue weighted by Crippen LogP contribution is 2.16. The van der Waals surface area contributed by atoms with Crippen molar-refractivity contribution in [2.75, 3.05) is 7.05 Å². The van der Waals surface area contributed by atoms with Crippen LogP contribution in [0, 0.1) is 6.92 Å². The lowest BCUT2D eigenvalue weighted by molar-refractivity contribution is -0.129. The highest BCUT2D eigenvalue weighted by molar-refractivity contribution is 6.31. The maximum absolute atomic E-state index is 12.1. The summed E-state index contributed by atoms with van der Waals surface area (Å²) >= 11 is 6.04. The maximum atomic E-state index is 12.1. The first-order valence-corrected chi connectivity index (χ1v) is 6.33. The van der Waals surface area contributed by atoms with E-state index >= 15 is 0 Å². The summed E-state index contributed by atoms with van der Waals surface area (Å²) in [6.45, 7) is 2.25. The monoisotopic (exact) mass is 278 g/mol. The molecule has 0 unspecified atom stereocenters. The Kier molecular flexibility index (Phi) is 4.22. The molecule has 0 saturated carbocycles. The van der Waals surface area contributed by atoms with Crippen LogP contribution < -0.4 is 0 Å². The molecular weight excluding hydrogens is 264 g/mol. The first-order valence-electron chi connectivity index (χ1n) is 5.96. The predicted molar refractivity (Wildman–Crippen MR) is 72.9 cm³/mol. The summed E-state index contributed by atoms with van der Waals surface area (Å²) in [7, 11) is 1.74. The van der Waals surface area contributed by atoms with Crippen LogP contribution in [0.5, 0.6) is 0 Å². The summed E-state index contributed by atoms with van der Waals surface area (Å²) in [4.78, 5) is 13.7. The van der Waals surface area contributed by atoms with E-state index in [1.807, 2.05) is 31.2 Å². The van der Waals surface area contributed by atoms with Gasteiger partial charge >= 0.3 is 0 Å². The maximum Gasteiger partial charge on any atom is 0.227 e. The number of hydrogen-bond acceptors (Lipinski definition) is 3. The Balaban J connectivity index is 1.98. The van der Waals surface area contributed by atoms with Gasteiger partial charge in [-0.25, -0.2) is 0 Å². The Bertz CT molecular complexity index is 580. The van der Waals surface area contributed by atoms with Crippen molar-refractivity contribution >= 4 is 17.5 Å². The third-order valence-electron chi connectivity index (χ3n) is 2.80. The van der Waals surface area contributed by atoms with Gasteiger partial charge in [0.25, 0.3) is 0 Å². The fourth-order valence-corrected chi connectivity index (χ4v) is 1.97. The first kappa shape index (κ1) is 13.6. The molecule has 4 nitrogen and oxygen atoms in total. The van der Waals surface area contributed by atoms with Crippen molar-refractivity contribution in [2.45, 2.75) is 19.9 Å². The number of aryl methyl sites for hydroxylation is 1. The Morgan fingerprint density at radius 2 is 2.16 bits per heavy atom. The number of nitrogens with zero attached hydrogens (tertiary/aromatic N) is 2. The standard InChI is InChI=1S/C14H15ClN2O2/c1-10-7-12(16-19-10)9-17(2)14(18)8-11-5-3-4-6-13(11)15/h3-7H,8-9H2,1-2H3. The third kappa shape index (κ3) is 3.58. The second-order valence-corrected chi connectivity index (χ2v) is 4.85. The van der Waals surface area contributed by atoms with Gasteiger partial charge in [-0.3, -0.25) is 4.79 Å². The molecule has 0 N–H and O–H groups in total. The molecule has 5 heteroatoms. The number of aromatic nitrogens is 1. The smallest absolute Gasteiger partial charge is 0.227 e. The summed E-state index contributed by atoms with van der Waals surface area (Å²) in [5, 5.41) is 4.48. The van der Waals surface area contributed by atoms with Crippen molar-refractivity contribution in [1.29, 1.82) is 0 Å². The van der Waals surface area contributed by atoms with Gasteiger partial charge in [-0.1, -0.05) is 35.0 Å². The molecule has 0 aliphatic heterocycles.